The average molecular weight is 427 g/mol. The molecule has 1 aliphatic rings. The van der Waals surface area contributed by atoms with Crippen molar-refractivity contribution in [3.8, 4) is 0 Å². The molecule has 0 radical (unpaired) electrons. The van der Waals surface area contributed by atoms with Gasteiger partial charge in [0.25, 0.3) is 0 Å². The van der Waals surface area contributed by atoms with E-state index in [1.54, 1.807) is 0 Å². The lowest BCUT2D eigenvalue weighted by Gasteiger charge is -2.20. The van der Waals surface area contributed by atoms with Gasteiger partial charge in [-0.1, -0.05) is 30.3 Å². The summed E-state index contributed by atoms with van der Waals surface area (Å²) in [6, 6.07) is 11.1. The summed E-state index contributed by atoms with van der Waals surface area (Å²) in [4.78, 5) is 24.9. The van der Waals surface area contributed by atoms with Crippen LogP contribution in [0.15, 0.2) is 47.4 Å². The molecule has 0 bridgehead atoms. The number of aryl methyl sites for hydroxylation is 1. The van der Waals surface area contributed by atoms with Gasteiger partial charge < -0.3 is 25.8 Å². The van der Waals surface area contributed by atoms with Crippen LogP contribution in [-0.4, -0.2) is 55.6 Å². The number of nitrogens with zero attached hydrogens (tertiary/aromatic N) is 2. The number of hydrogen-bond donors (Lipinski definition) is 4. The Morgan fingerprint density at radius 2 is 1.93 bits per heavy atom. The zero-order chi connectivity index (χ0) is 22.3. The Bertz CT molecular complexity index is 893. The number of aromatic nitrogens is 2. The molecule has 0 amide bonds. The number of carbonyl (C=O) groups is 1. The summed E-state index contributed by atoms with van der Waals surface area (Å²) in [7, 11) is 0. The Labute approximate surface area is 170 Å². The highest BCUT2D eigenvalue weighted by Gasteiger charge is 2.59. The Morgan fingerprint density at radius 3 is 2.47 bits per heavy atom. The number of halogens is 2. The lowest BCUT2D eigenvalue weighted by atomic mass is 10.1. The fourth-order valence-electron chi connectivity index (χ4n) is 2.81. The zero-order valence-electron chi connectivity index (χ0n) is 15.9. The van der Waals surface area contributed by atoms with Gasteiger partial charge in [-0.05, 0) is 24.5 Å². The van der Waals surface area contributed by atoms with Crippen LogP contribution in [-0.2, 0) is 16.0 Å². The van der Waals surface area contributed by atoms with Gasteiger partial charge in [-0.15, -0.1) is 0 Å². The number of aliphatic hydroxyl groups excluding tert-OH is 2. The Balaban J connectivity index is 0.000000232. The molecule has 0 unspecified atom stereocenters. The number of rotatable bonds is 6. The van der Waals surface area contributed by atoms with Crippen LogP contribution in [0.3, 0.4) is 0 Å². The molecule has 9 nitrogen and oxygen atoms in total. The number of carboxylic acids is 1. The molecule has 2 aromatic rings. The first-order valence-electron chi connectivity index (χ1n) is 9.09. The smallest absolute Gasteiger partial charge is 0.351 e. The van der Waals surface area contributed by atoms with Crippen molar-refractivity contribution in [2.24, 2.45) is 0 Å². The first-order valence-corrected chi connectivity index (χ1v) is 9.09. The molecule has 0 saturated carbocycles. The van der Waals surface area contributed by atoms with Crippen molar-refractivity contribution in [1.29, 1.82) is 0 Å². The minimum absolute atomic E-state index is 0.114. The number of anilines is 1. The molecular formula is C19H23F2N3O6. The molecule has 0 aliphatic carbocycles. The number of nitrogens with two attached hydrogens (primary N) is 1. The molecule has 2 heterocycles. The highest BCUT2D eigenvalue weighted by Crippen LogP contribution is 2.41. The van der Waals surface area contributed by atoms with E-state index in [-0.39, 0.29) is 12.2 Å². The summed E-state index contributed by atoms with van der Waals surface area (Å²) in [6.45, 7) is -0.787. The van der Waals surface area contributed by atoms with Crippen LogP contribution in [0.5, 0.6) is 0 Å². The third kappa shape index (κ3) is 5.81. The van der Waals surface area contributed by atoms with E-state index in [4.69, 9.17) is 20.7 Å². The van der Waals surface area contributed by atoms with Gasteiger partial charge in [0, 0.05) is 12.6 Å². The lowest BCUT2D eigenvalue weighted by Crippen LogP contribution is -2.41. The minimum Gasteiger partial charge on any atom is -0.481 e. The van der Waals surface area contributed by atoms with Crippen molar-refractivity contribution in [3.05, 3.63) is 58.6 Å². The van der Waals surface area contributed by atoms with Crippen molar-refractivity contribution in [1.82, 2.24) is 9.55 Å². The maximum Gasteiger partial charge on any atom is 0.351 e. The molecule has 164 valence electrons. The predicted molar refractivity (Wildman–Crippen MR) is 102 cm³/mol. The number of ether oxygens (including phenoxy) is 1. The lowest BCUT2D eigenvalue weighted by molar-refractivity contribution is -0.141. The van der Waals surface area contributed by atoms with E-state index < -0.39 is 42.6 Å². The van der Waals surface area contributed by atoms with Gasteiger partial charge in [-0.25, -0.2) is 4.79 Å². The molecule has 5 N–H and O–H groups in total. The molecule has 0 spiro atoms. The van der Waals surface area contributed by atoms with Gasteiger partial charge in [0.05, 0.1) is 6.61 Å². The Morgan fingerprint density at radius 1 is 1.27 bits per heavy atom. The second-order valence-electron chi connectivity index (χ2n) is 6.60. The van der Waals surface area contributed by atoms with Gasteiger partial charge in [0.2, 0.25) is 6.23 Å². The van der Waals surface area contributed by atoms with Crippen molar-refractivity contribution in [2.45, 2.75) is 43.6 Å². The van der Waals surface area contributed by atoms with E-state index in [0.29, 0.717) is 4.57 Å². The molecular weight excluding hydrogens is 404 g/mol. The molecule has 1 aliphatic heterocycles. The van der Waals surface area contributed by atoms with Crippen LogP contribution in [0.25, 0.3) is 0 Å². The molecule has 1 fully saturated rings. The summed E-state index contributed by atoms with van der Waals surface area (Å²) >= 11 is 0. The SMILES string of the molecule is Nc1ccn([C@@H]2O[C@H](CO)[C@@H](O)C2(F)F)c(=O)n1.O=C(O)CCCc1ccccc1. The van der Waals surface area contributed by atoms with E-state index in [1.165, 1.54) is 5.56 Å². The normalized spacial score (nSPS) is 22.2. The maximum atomic E-state index is 13.7. The quantitative estimate of drug-likeness (QED) is 0.529. The summed E-state index contributed by atoms with van der Waals surface area (Å²) in [5, 5.41) is 26.5. The van der Waals surface area contributed by atoms with Gasteiger partial charge in [-0.3, -0.25) is 9.36 Å². The van der Waals surface area contributed by atoms with E-state index in [9.17, 15) is 23.5 Å². The number of carboxylic acid groups (broad SMARTS) is 1. The number of aliphatic hydroxyl groups is 2. The van der Waals surface area contributed by atoms with Crippen LogP contribution < -0.4 is 11.4 Å². The van der Waals surface area contributed by atoms with Crippen LogP contribution in [0.2, 0.25) is 0 Å². The molecule has 1 saturated heterocycles. The molecule has 30 heavy (non-hydrogen) atoms. The minimum atomic E-state index is -3.71. The predicted octanol–water partition coefficient (Wildman–Crippen LogP) is 0.805. The Kier molecular flexibility index (Phi) is 7.98. The Hall–Kier alpha value is -2.89. The number of aliphatic carboxylic acids is 1. The van der Waals surface area contributed by atoms with Gasteiger partial charge in [0.15, 0.2) is 6.10 Å². The summed E-state index contributed by atoms with van der Waals surface area (Å²) in [5.74, 6) is -4.54. The van der Waals surface area contributed by atoms with E-state index in [0.717, 1.165) is 25.1 Å². The van der Waals surface area contributed by atoms with Crippen molar-refractivity contribution in [3.63, 3.8) is 0 Å². The van der Waals surface area contributed by atoms with Crippen LogP contribution >= 0.6 is 0 Å². The third-order valence-corrected chi connectivity index (χ3v) is 4.36. The first-order chi connectivity index (χ1) is 14.2. The molecule has 1 aromatic carbocycles. The van der Waals surface area contributed by atoms with Crippen molar-refractivity contribution >= 4 is 11.8 Å². The van der Waals surface area contributed by atoms with Crippen LogP contribution in [0.1, 0.15) is 24.6 Å². The van der Waals surface area contributed by atoms with Crippen molar-refractivity contribution < 1.29 is 33.6 Å². The fraction of sp³-hybridized carbons (Fsp3) is 0.421. The van der Waals surface area contributed by atoms with Gasteiger partial charge in [0.1, 0.15) is 11.9 Å². The van der Waals surface area contributed by atoms with Crippen LogP contribution in [0.4, 0.5) is 14.6 Å². The molecule has 3 rings (SSSR count). The second-order valence-corrected chi connectivity index (χ2v) is 6.60. The highest BCUT2D eigenvalue weighted by molar-refractivity contribution is 5.66. The summed E-state index contributed by atoms with van der Waals surface area (Å²) < 4.78 is 32.7. The van der Waals surface area contributed by atoms with E-state index in [1.807, 2.05) is 30.3 Å². The van der Waals surface area contributed by atoms with E-state index >= 15 is 0 Å². The highest BCUT2D eigenvalue weighted by atomic mass is 19.3. The van der Waals surface area contributed by atoms with Crippen LogP contribution in [0, 0.1) is 0 Å². The number of hydrogen-bond acceptors (Lipinski definition) is 7. The summed E-state index contributed by atoms with van der Waals surface area (Å²) in [5.41, 5.74) is 5.42. The molecule has 1 aromatic heterocycles. The number of alkyl halides is 2. The number of nitrogen functional groups attached to an aromatic ring is 1. The van der Waals surface area contributed by atoms with Crippen molar-refractivity contribution in [2.75, 3.05) is 12.3 Å². The molecule has 3 atom stereocenters. The maximum absolute atomic E-state index is 13.7. The summed E-state index contributed by atoms with van der Waals surface area (Å²) in [6.07, 6.45) is -2.85. The standard InChI is InChI=1S/C10H12O2.C9H11F2N3O4/c11-10(12)8-4-7-9-5-2-1-3-6-9;10-9(11)6(16)4(3-15)18-7(9)14-2-1-5(12)13-8(14)17/h1-3,5-6H,4,7-8H2,(H,11,12);1-2,4,6-7,15-16H,3H2,(H2,12,13,17)/t;4-,6-,7-/m.1/s1. The zero-order valence-corrected chi connectivity index (χ0v) is 15.9. The molecule has 11 heteroatoms. The first kappa shape index (κ1) is 23.4. The van der Waals surface area contributed by atoms with Gasteiger partial charge >= 0.3 is 17.6 Å². The van der Waals surface area contributed by atoms with E-state index in [2.05, 4.69) is 4.98 Å². The number of benzene rings is 1. The topological polar surface area (TPSA) is 148 Å². The second kappa shape index (κ2) is 10.2. The van der Waals surface area contributed by atoms with Gasteiger partial charge in [-0.2, -0.15) is 13.8 Å². The third-order valence-electron chi connectivity index (χ3n) is 4.36. The fourth-order valence-corrected chi connectivity index (χ4v) is 2.81. The average Bonchev–Trinajstić information content (AvgIpc) is 2.92. The largest absolute Gasteiger partial charge is 0.481 e. The monoisotopic (exact) mass is 427 g/mol.